The predicted octanol–water partition coefficient (Wildman–Crippen LogP) is -1.73. The van der Waals surface area contributed by atoms with Crippen molar-refractivity contribution in [2.75, 3.05) is 0 Å². The molecule has 0 unspecified atom stereocenters. The van der Waals surface area contributed by atoms with E-state index in [1.54, 1.807) is 0 Å². The van der Waals surface area contributed by atoms with Crippen LogP contribution < -0.4 is 29.6 Å². The molecule has 0 aliphatic rings. The van der Waals surface area contributed by atoms with Crippen LogP contribution in [0, 0.1) is 142 Å². The van der Waals surface area contributed by atoms with E-state index in [1.165, 1.54) is 0 Å². The summed E-state index contributed by atoms with van der Waals surface area (Å²) in [5.41, 5.74) is 0. The Morgan fingerprint density at radius 1 is 0.250 bits per heavy atom. The quantitative estimate of drug-likeness (QED) is 0.264. The fourth-order valence-electron chi connectivity index (χ4n) is 0. The van der Waals surface area contributed by atoms with Gasteiger partial charge in [0.25, 0.3) is 0 Å². The molecule has 12 nitrogen and oxygen atoms in total. The molecule has 0 amide bonds. The Labute approximate surface area is 222 Å². The summed E-state index contributed by atoms with van der Waals surface area (Å²) in [6.45, 7) is 57.0. The van der Waals surface area contributed by atoms with E-state index in [4.69, 9.17) is 142 Å². The Balaban J connectivity index is -0.00000000356. The van der Waals surface area contributed by atoms with Gasteiger partial charge in [0.15, 0.2) is 0 Å². The zero-order valence-electron chi connectivity index (χ0n) is 14.5. The fraction of sp³-hybridized carbons (Fsp3) is 0. The van der Waals surface area contributed by atoms with Crippen molar-refractivity contribution in [3.05, 3.63) is 78.9 Å². The van der Waals surface area contributed by atoms with Crippen LogP contribution in [-0.2, 0) is 51.2 Å². The summed E-state index contributed by atoms with van der Waals surface area (Å²) in [5, 5.41) is 75.0. The van der Waals surface area contributed by atoms with Gasteiger partial charge in [-0.15, -0.1) is 0 Å². The Morgan fingerprint density at radius 3 is 0.250 bits per heavy atom. The van der Waals surface area contributed by atoms with Gasteiger partial charge >= 0.3 is 46.6 Å². The second-order valence-electron chi connectivity index (χ2n) is 0. The van der Waals surface area contributed by atoms with Crippen molar-refractivity contribution in [2.24, 2.45) is 0 Å². The third-order valence-electron chi connectivity index (χ3n) is 0. The van der Waals surface area contributed by atoms with Crippen LogP contribution >= 0.6 is 0 Å². The van der Waals surface area contributed by atoms with Crippen molar-refractivity contribution in [2.45, 2.75) is 0 Å². The first-order valence-corrected chi connectivity index (χ1v) is 2.68. The SMILES string of the molecule is [C-]#N.[C-]#N.[C-]#N.[C-]#N.[C-]#N.[C-]#N.[C-]#N.[C-]#N.[C-]#N.[C-]#N.[C-]#N.[C-]#N.[H-].[Mn+2].[Mn].[Mn].[Na+]. The van der Waals surface area contributed by atoms with E-state index < -0.39 is 0 Å². The minimum absolute atomic E-state index is 0. The summed E-state index contributed by atoms with van der Waals surface area (Å²) in [6, 6.07) is 0. The molecule has 3 radical (unpaired) electrons. The third-order valence-corrected chi connectivity index (χ3v) is 0. The molecule has 0 fully saturated rings. The molecule has 141 valence electrons. The van der Waals surface area contributed by atoms with Crippen molar-refractivity contribution < 1.29 is 82.2 Å². The smallest absolute Gasteiger partial charge is 1.00 e. The van der Waals surface area contributed by atoms with Crippen molar-refractivity contribution >= 4 is 0 Å². The van der Waals surface area contributed by atoms with E-state index in [0.29, 0.717) is 0 Å². The van der Waals surface area contributed by atoms with Crippen LogP contribution in [-0.4, -0.2) is 0 Å². The Kier molecular flexibility index (Phi) is 6260. The summed E-state index contributed by atoms with van der Waals surface area (Å²) in [6.07, 6.45) is 0. The molecule has 0 spiro atoms. The standard InChI is InChI=1S/12CN.3Mn.Na.H/c12*1-2;;;;;/q12*-1;;;+2;+1;-1. The van der Waals surface area contributed by atoms with Gasteiger partial charge in [-0.05, 0) is 0 Å². The number of nitrogens with zero attached hydrogens (tertiary/aromatic N) is 12. The molecule has 0 heterocycles. The Bertz CT molecular complexity index is 236. The average molecular weight is 501 g/mol. The van der Waals surface area contributed by atoms with Gasteiger partial charge in [-0.25, -0.2) is 0 Å². The maximum atomic E-state index is 6.25. The van der Waals surface area contributed by atoms with Crippen LogP contribution in [0.25, 0.3) is 0 Å². The molecule has 0 aromatic carbocycles. The van der Waals surface area contributed by atoms with E-state index >= 15 is 0 Å². The third kappa shape index (κ3) is 813. The molecule has 0 atom stereocenters. The van der Waals surface area contributed by atoms with E-state index in [2.05, 4.69) is 0 Å². The second-order valence-corrected chi connectivity index (χ2v) is 0. The molecule has 0 N–H and O–H groups in total. The first kappa shape index (κ1) is 189. The molecular formula is C12HMn3N12Na-10. The monoisotopic (exact) mass is 501 g/mol. The van der Waals surface area contributed by atoms with Crippen LogP contribution in [0.5, 0.6) is 0 Å². The van der Waals surface area contributed by atoms with Gasteiger partial charge in [0, 0.05) is 34.1 Å². The molecule has 0 bridgehead atoms. The maximum absolute atomic E-state index is 6.25. The van der Waals surface area contributed by atoms with Crippen molar-refractivity contribution in [3.63, 3.8) is 0 Å². The maximum Gasteiger partial charge on any atom is 2.00 e. The number of hydrogen-bond donors (Lipinski definition) is 0. The number of rotatable bonds is 0. The molecule has 28 heavy (non-hydrogen) atoms. The molecule has 0 saturated carbocycles. The van der Waals surface area contributed by atoms with Gasteiger partial charge in [-0.2, -0.15) is 0 Å². The van der Waals surface area contributed by atoms with Gasteiger partial charge < -0.3 is 143 Å². The van der Waals surface area contributed by atoms with E-state index in [1.807, 2.05) is 0 Å². The van der Waals surface area contributed by atoms with Gasteiger partial charge in [0.2, 0.25) is 0 Å². The summed E-state index contributed by atoms with van der Waals surface area (Å²) >= 11 is 0. The van der Waals surface area contributed by atoms with Gasteiger partial charge in [-0.1, -0.05) is 0 Å². The molecule has 0 rings (SSSR count). The van der Waals surface area contributed by atoms with Crippen LogP contribution in [0.15, 0.2) is 0 Å². The Morgan fingerprint density at radius 2 is 0.250 bits per heavy atom. The molecular weight excluding hydrogens is 500 g/mol. The Hall–Kier alpha value is -3.56. The summed E-state index contributed by atoms with van der Waals surface area (Å²) in [5.74, 6) is 0. The molecule has 0 aliphatic heterocycles. The second kappa shape index (κ2) is 930. The summed E-state index contributed by atoms with van der Waals surface area (Å²) < 4.78 is 0. The minimum Gasteiger partial charge on any atom is -1.00 e. The van der Waals surface area contributed by atoms with Crippen molar-refractivity contribution in [3.8, 4) is 0 Å². The number of hydrogen-bond acceptors (Lipinski definition) is 12. The molecule has 16 heteroatoms. The topological polar surface area (TPSA) is 285 Å². The molecule has 0 aromatic heterocycles. The van der Waals surface area contributed by atoms with E-state index in [-0.39, 0.29) is 82.2 Å². The fourth-order valence-corrected chi connectivity index (χ4v) is 0. The zero-order chi connectivity index (χ0) is 24.0. The van der Waals surface area contributed by atoms with Gasteiger partial charge in [0.1, 0.15) is 0 Å². The largest absolute Gasteiger partial charge is 2.00 e. The van der Waals surface area contributed by atoms with Gasteiger partial charge in [-0.3, -0.25) is 0 Å². The zero-order valence-corrected chi connectivity index (χ0v) is 19.0. The predicted molar refractivity (Wildman–Crippen MR) is 60.7 cm³/mol. The van der Waals surface area contributed by atoms with E-state index in [9.17, 15) is 0 Å². The van der Waals surface area contributed by atoms with Crippen LogP contribution in [0.2, 0.25) is 0 Å². The molecule has 0 saturated heterocycles. The first-order chi connectivity index (χ1) is 12.0. The minimum atomic E-state index is 0. The van der Waals surface area contributed by atoms with Crippen molar-refractivity contribution in [1.29, 1.82) is 63.1 Å². The van der Waals surface area contributed by atoms with Crippen molar-refractivity contribution in [1.82, 2.24) is 0 Å². The normalized spacial score (nSPS) is 0.857. The summed E-state index contributed by atoms with van der Waals surface area (Å²) in [4.78, 5) is 0. The summed E-state index contributed by atoms with van der Waals surface area (Å²) in [7, 11) is 0. The molecule has 0 aromatic rings. The van der Waals surface area contributed by atoms with Crippen LogP contribution in [0.1, 0.15) is 1.43 Å². The van der Waals surface area contributed by atoms with Crippen LogP contribution in [0.4, 0.5) is 0 Å². The van der Waals surface area contributed by atoms with Gasteiger partial charge in [0.05, 0.1) is 0 Å². The van der Waals surface area contributed by atoms with Crippen LogP contribution in [0.3, 0.4) is 0 Å². The van der Waals surface area contributed by atoms with E-state index in [0.717, 1.165) is 0 Å². The average Bonchev–Trinajstić information content (AvgIpc) is 2.84. The molecule has 0 aliphatic carbocycles. The first-order valence-electron chi connectivity index (χ1n) is 2.68.